The first-order chi connectivity index (χ1) is 15.1. The summed E-state index contributed by atoms with van der Waals surface area (Å²) in [5.74, 6) is 0.245. The summed E-state index contributed by atoms with van der Waals surface area (Å²) >= 11 is 2.92. The molecule has 5 rings (SSSR count). The van der Waals surface area contributed by atoms with Crippen molar-refractivity contribution >= 4 is 39.1 Å². The SMILES string of the molecule is CN1CCc2c(sc3nc(SCC(=O)c4ccccc4)n(-c4ccccc4)c(=O)c23)C1. The van der Waals surface area contributed by atoms with Crippen molar-refractivity contribution in [3.05, 3.63) is 87.0 Å². The summed E-state index contributed by atoms with van der Waals surface area (Å²) in [6.07, 6.45) is 0.858. The van der Waals surface area contributed by atoms with Gasteiger partial charge in [-0.1, -0.05) is 60.3 Å². The molecule has 0 saturated heterocycles. The summed E-state index contributed by atoms with van der Waals surface area (Å²) in [6.45, 7) is 1.78. The Morgan fingerprint density at radius 2 is 1.81 bits per heavy atom. The number of nitrogens with zero attached hydrogens (tertiary/aromatic N) is 3. The van der Waals surface area contributed by atoms with E-state index in [4.69, 9.17) is 4.98 Å². The third-order valence-electron chi connectivity index (χ3n) is 5.48. The summed E-state index contributed by atoms with van der Waals surface area (Å²) < 4.78 is 1.66. The van der Waals surface area contributed by atoms with Gasteiger partial charge in [0.25, 0.3) is 5.56 Å². The fourth-order valence-electron chi connectivity index (χ4n) is 3.89. The fourth-order valence-corrected chi connectivity index (χ4v) is 6.14. The van der Waals surface area contributed by atoms with E-state index in [1.54, 1.807) is 15.9 Å². The molecule has 0 unspecified atom stereocenters. The Morgan fingerprint density at radius 1 is 1.10 bits per heavy atom. The first kappa shape index (κ1) is 20.2. The second-order valence-corrected chi connectivity index (χ2v) is 9.65. The van der Waals surface area contributed by atoms with Crippen LogP contribution in [-0.4, -0.2) is 39.6 Å². The standard InChI is InChI=1S/C24H21N3O2S2/c1-26-13-12-18-20(14-26)31-22-21(18)23(29)27(17-10-6-3-7-11-17)24(25-22)30-15-19(28)16-8-4-2-5-9-16/h2-11H,12-15H2,1H3. The number of para-hydroxylation sites is 1. The molecule has 5 nitrogen and oxygen atoms in total. The number of Topliss-reactive ketones (excluding diaryl/α,β-unsaturated/α-hetero) is 1. The van der Waals surface area contributed by atoms with E-state index < -0.39 is 0 Å². The Balaban J connectivity index is 1.61. The van der Waals surface area contributed by atoms with Gasteiger partial charge in [-0.2, -0.15) is 0 Å². The van der Waals surface area contributed by atoms with Gasteiger partial charge in [0, 0.05) is 23.5 Å². The Morgan fingerprint density at radius 3 is 2.55 bits per heavy atom. The quantitative estimate of drug-likeness (QED) is 0.258. The van der Waals surface area contributed by atoms with Crippen molar-refractivity contribution < 1.29 is 4.79 Å². The van der Waals surface area contributed by atoms with Crippen molar-refractivity contribution in [2.75, 3.05) is 19.3 Å². The maximum absolute atomic E-state index is 13.7. The van der Waals surface area contributed by atoms with E-state index in [0.29, 0.717) is 10.7 Å². The van der Waals surface area contributed by atoms with Crippen LogP contribution in [0.2, 0.25) is 0 Å². The van der Waals surface area contributed by atoms with Crippen molar-refractivity contribution in [3.63, 3.8) is 0 Å². The second kappa shape index (κ2) is 8.42. The van der Waals surface area contributed by atoms with Crippen molar-refractivity contribution in [1.29, 1.82) is 0 Å². The minimum Gasteiger partial charge on any atom is -0.301 e. The number of thiophene rings is 1. The van der Waals surface area contributed by atoms with Crippen LogP contribution in [-0.2, 0) is 13.0 Å². The van der Waals surface area contributed by atoms with E-state index in [0.717, 1.165) is 41.0 Å². The molecule has 0 atom stereocenters. The molecule has 3 heterocycles. The second-order valence-electron chi connectivity index (χ2n) is 7.62. The van der Waals surface area contributed by atoms with Gasteiger partial charge in [-0.15, -0.1) is 11.3 Å². The van der Waals surface area contributed by atoms with E-state index in [1.807, 2.05) is 60.7 Å². The number of carbonyl (C=O) groups excluding carboxylic acids is 1. The van der Waals surface area contributed by atoms with Gasteiger partial charge in [0.2, 0.25) is 0 Å². The lowest BCUT2D eigenvalue weighted by Crippen LogP contribution is -2.27. The molecule has 0 fully saturated rings. The molecule has 2 aromatic carbocycles. The molecule has 0 amide bonds. The molecule has 7 heteroatoms. The molecule has 0 N–H and O–H groups in total. The zero-order chi connectivity index (χ0) is 21.4. The van der Waals surface area contributed by atoms with Crippen LogP contribution in [0.3, 0.4) is 0 Å². The maximum Gasteiger partial charge on any atom is 0.267 e. The molecule has 0 bridgehead atoms. The highest BCUT2D eigenvalue weighted by atomic mass is 32.2. The highest BCUT2D eigenvalue weighted by Gasteiger charge is 2.24. The molecule has 2 aromatic heterocycles. The summed E-state index contributed by atoms with van der Waals surface area (Å²) in [7, 11) is 2.10. The van der Waals surface area contributed by atoms with Gasteiger partial charge in [0.05, 0.1) is 16.8 Å². The van der Waals surface area contributed by atoms with Crippen LogP contribution in [0.25, 0.3) is 15.9 Å². The number of hydrogen-bond acceptors (Lipinski definition) is 6. The Hall–Kier alpha value is -2.74. The van der Waals surface area contributed by atoms with Gasteiger partial charge < -0.3 is 4.90 Å². The van der Waals surface area contributed by atoms with E-state index >= 15 is 0 Å². The predicted octanol–water partition coefficient (Wildman–Crippen LogP) is 4.41. The van der Waals surface area contributed by atoms with Crippen molar-refractivity contribution in [1.82, 2.24) is 14.5 Å². The molecular weight excluding hydrogens is 426 g/mol. The number of aromatic nitrogens is 2. The molecule has 1 aliphatic rings. The lowest BCUT2D eigenvalue weighted by atomic mass is 10.1. The van der Waals surface area contributed by atoms with Crippen LogP contribution >= 0.6 is 23.1 Å². The normalized spacial score (nSPS) is 14.0. The van der Waals surface area contributed by atoms with E-state index in [-0.39, 0.29) is 17.1 Å². The van der Waals surface area contributed by atoms with Gasteiger partial charge in [-0.05, 0) is 31.2 Å². The zero-order valence-corrected chi connectivity index (χ0v) is 18.7. The summed E-state index contributed by atoms with van der Waals surface area (Å²) in [6, 6.07) is 18.8. The Kier molecular flexibility index (Phi) is 5.48. The van der Waals surface area contributed by atoms with Crippen LogP contribution in [0.15, 0.2) is 70.6 Å². The largest absolute Gasteiger partial charge is 0.301 e. The summed E-state index contributed by atoms with van der Waals surface area (Å²) in [5.41, 5.74) is 2.52. The van der Waals surface area contributed by atoms with Crippen molar-refractivity contribution in [2.24, 2.45) is 0 Å². The van der Waals surface area contributed by atoms with Gasteiger partial charge in [-0.3, -0.25) is 14.2 Å². The van der Waals surface area contributed by atoms with E-state index in [1.165, 1.54) is 16.6 Å². The number of hydrogen-bond donors (Lipinski definition) is 0. The molecule has 156 valence electrons. The van der Waals surface area contributed by atoms with E-state index in [2.05, 4.69) is 11.9 Å². The van der Waals surface area contributed by atoms with Gasteiger partial charge in [0.15, 0.2) is 10.9 Å². The van der Waals surface area contributed by atoms with Crippen molar-refractivity contribution in [2.45, 2.75) is 18.1 Å². The van der Waals surface area contributed by atoms with Crippen LogP contribution < -0.4 is 5.56 Å². The van der Waals surface area contributed by atoms with Gasteiger partial charge in [-0.25, -0.2) is 4.98 Å². The van der Waals surface area contributed by atoms with E-state index in [9.17, 15) is 9.59 Å². The van der Waals surface area contributed by atoms with Crippen LogP contribution in [0.1, 0.15) is 20.8 Å². The number of benzene rings is 2. The van der Waals surface area contributed by atoms with Crippen LogP contribution in [0.5, 0.6) is 0 Å². The molecule has 4 aromatic rings. The van der Waals surface area contributed by atoms with Gasteiger partial charge >= 0.3 is 0 Å². The zero-order valence-electron chi connectivity index (χ0n) is 17.1. The third-order valence-corrected chi connectivity index (χ3v) is 7.53. The number of thioether (sulfide) groups is 1. The molecule has 1 aliphatic heterocycles. The molecule has 0 spiro atoms. The average Bonchev–Trinajstić information content (AvgIpc) is 3.16. The molecule has 0 radical (unpaired) electrons. The third kappa shape index (κ3) is 3.84. The molecular formula is C24H21N3O2S2. The maximum atomic E-state index is 13.7. The number of fused-ring (bicyclic) bond motifs is 3. The minimum atomic E-state index is -0.0482. The highest BCUT2D eigenvalue weighted by molar-refractivity contribution is 7.99. The first-order valence-corrected chi connectivity index (χ1v) is 11.9. The highest BCUT2D eigenvalue weighted by Crippen LogP contribution is 2.34. The van der Waals surface area contributed by atoms with Crippen molar-refractivity contribution in [3.8, 4) is 5.69 Å². The lowest BCUT2D eigenvalue weighted by molar-refractivity contribution is 0.102. The van der Waals surface area contributed by atoms with Crippen LogP contribution in [0.4, 0.5) is 0 Å². The molecule has 0 aliphatic carbocycles. The molecule has 0 saturated carbocycles. The van der Waals surface area contributed by atoms with Crippen LogP contribution in [0, 0.1) is 0 Å². The number of likely N-dealkylation sites (N-methyl/N-ethyl adjacent to an activating group) is 1. The number of rotatable bonds is 5. The summed E-state index contributed by atoms with van der Waals surface area (Å²) in [4.78, 5) is 35.5. The average molecular weight is 448 g/mol. The summed E-state index contributed by atoms with van der Waals surface area (Å²) in [5, 5.41) is 1.29. The number of ketones is 1. The lowest BCUT2D eigenvalue weighted by Gasteiger charge is -2.21. The first-order valence-electron chi connectivity index (χ1n) is 10.1. The fraction of sp³-hybridized carbons (Fsp3) is 0.208. The Bertz CT molecular complexity index is 1310. The number of carbonyl (C=O) groups is 1. The predicted molar refractivity (Wildman–Crippen MR) is 127 cm³/mol. The topological polar surface area (TPSA) is 55.2 Å². The smallest absolute Gasteiger partial charge is 0.267 e. The van der Waals surface area contributed by atoms with Gasteiger partial charge in [0.1, 0.15) is 4.83 Å². The monoisotopic (exact) mass is 447 g/mol. The molecule has 31 heavy (non-hydrogen) atoms. The minimum absolute atomic E-state index is 0.0201. The Labute approximate surface area is 188 Å².